The molecule has 1 aliphatic heterocycles. The molecule has 4 fully saturated rings. The smallest absolute Gasteiger partial charge is 0.253 e. The molecule has 3 aliphatic carbocycles. The highest BCUT2D eigenvalue weighted by molar-refractivity contribution is 5.94. The maximum absolute atomic E-state index is 13.4. The van der Waals surface area contributed by atoms with Crippen LogP contribution in [0.4, 0.5) is 4.39 Å². The van der Waals surface area contributed by atoms with E-state index in [1.54, 1.807) is 24.5 Å². The minimum absolute atomic E-state index is 0.00148. The average molecular weight is 451 g/mol. The first kappa shape index (κ1) is 22.0. The molecule has 33 heavy (non-hydrogen) atoms. The maximum Gasteiger partial charge on any atom is 0.253 e. The second-order valence-electron chi connectivity index (χ2n) is 10.3. The number of likely N-dealkylation sites (tertiary alicyclic amines) is 1. The van der Waals surface area contributed by atoms with Gasteiger partial charge in [0.25, 0.3) is 5.91 Å². The molecule has 2 aromatic rings. The number of pyridine rings is 1. The number of hydrogen-bond acceptors (Lipinski definition) is 4. The lowest BCUT2D eigenvalue weighted by Gasteiger charge is -2.73. The van der Waals surface area contributed by atoms with Gasteiger partial charge in [0.15, 0.2) is 0 Å². The van der Waals surface area contributed by atoms with E-state index in [4.69, 9.17) is 0 Å². The summed E-state index contributed by atoms with van der Waals surface area (Å²) in [7, 11) is 2.10. The first-order chi connectivity index (χ1) is 15.9. The van der Waals surface area contributed by atoms with Gasteiger partial charge in [0.2, 0.25) is 5.91 Å². The molecule has 2 N–H and O–H groups in total. The van der Waals surface area contributed by atoms with E-state index in [2.05, 4.69) is 27.6 Å². The number of carbonyl (C=O) groups excluding carboxylic acids is 2. The Labute approximate surface area is 194 Å². The zero-order valence-corrected chi connectivity index (χ0v) is 19.0. The summed E-state index contributed by atoms with van der Waals surface area (Å²) in [6, 6.07) is 10.2. The highest BCUT2D eigenvalue weighted by Gasteiger charge is 2.71. The molecule has 1 aromatic heterocycles. The Kier molecular flexibility index (Phi) is 5.69. The molecule has 4 aliphatic rings. The van der Waals surface area contributed by atoms with Crippen molar-refractivity contribution in [3.8, 4) is 0 Å². The number of hydrogen-bond donors (Lipinski definition) is 2. The summed E-state index contributed by atoms with van der Waals surface area (Å²) in [4.78, 5) is 32.2. The number of rotatable bonds is 7. The van der Waals surface area contributed by atoms with Crippen molar-refractivity contribution in [3.05, 3.63) is 65.7 Å². The molecule has 174 valence electrons. The first-order valence-corrected chi connectivity index (χ1v) is 11.8. The SMILES string of the molecule is CN1CCC(NC(=O)CC(NC(=O)c2cccnc2)C23CC(c4ccc(F)cc4)(C2)C3)CC1. The van der Waals surface area contributed by atoms with Crippen molar-refractivity contribution in [3.63, 3.8) is 0 Å². The summed E-state index contributed by atoms with van der Waals surface area (Å²) in [6.45, 7) is 1.96. The van der Waals surface area contributed by atoms with E-state index in [9.17, 15) is 14.0 Å². The lowest BCUT2D eigenvalue weighted by molar-refractivity contribution is -0.166. The van der Waals surface area contributed by atoms with E-state index in [1.165, 1.54) is 12.1 Å². The predicted molar refractivity (Wildman–Crippen MR) is 123 cm³/mol. The van der Waals surface area contributed by atoms with E-state index in [0.29, 0.717) is 5.56 Å². The van der Waals surface area contributed by atoms with E-state index in [0.717, 1.165) is 50.8 Å². The van der Waals surface area contributed by atoms with E-state index >= 15 is 0 Å². The summed E-state index contributed by atoms with van der Waals surface area (Å²) in [5.74, 6) is -0.422. The number of halogens is 1. The van der Waals surface area contributed by atoms with Crippen LogP contribution in [0.15, 0.2) is 48.8 Å². The third-order valence-corrected chi connectivity index (χ3v) is 7.97. The molecule has 0 radical (unpaired) electrons. The predicted octanol–water partition coefficient (Wildman–Crippen LogP) is 3.04. The molecule has 2 bridgehead atoms. The molecule has 1 aromatic carbocycles. The molecule has 1 atom stereocenters. The van der Waals surface area contributed by atoms with Crippen LogP contribution in [0.3, 0.4) is 0 Å². The van der Waals surface area contributed by atoms with Gasteiger partial charge < -0.3 is 15.5 Å². The summed E-state index contributed by atoms with van der Waals surface area (Å²) < 4.78 is 13.4. The standard InChI is InChI=1S/C26H31FN4O2/c1-31-11-8-21(9-12-31)29-23(32)13-22(30-24(33)18-3-2-10-28-14-18)26-15-25(16-26,17-26)19-4-6-20(27)7-5-19/h2-7,10,14,21-22H,8-9,11-13,15-17H2,1H3,(H,29,32)(H,30,33). The molecule has 6 nitrogen and oxygen atoms in total. The Bertz CT molecular complexity index is 999. The van der Waals surface area contributed by atoms with Crippen molar-refractivity contribution in [2.45, 2.75) is 56.0 Å². The molecular weight excluding hydrogens is 419 g/mol. The Morgan fingerprint density at radius 1 is 1.15 bits per heavy atom. The largest absolute Gasteiger partial charge is 0.353 e. The van der Waals surface area contributed by atoms with Gasteiger partial charge >= 0.3 is 0 Å². The number of piperidine rings is 1. The van der Waals surface area contributed by atoms with Crippen LogP contribution in [0.1, 0.15) is 54.4 Å². The van der Waals surface area contributed by atoms with Crippen LogP contribution in [0, 0.1) is 11.2 Å². The Morgan fingerprint density at radius 2 is 1.85 bits per heavy atom. The molecule has 1 saturated heterocycles. The third-order valence-electron chi connectivity index (χ3n) is 7.97. The molecule has 2 heterocycles. The fraction of sp³-hybridized carbons (Fsp3) is 0.500. The zero-order valence-electron chi connectivity index (χ0n) is 19.0. The average Bonchev–Trinajstić information content (AvgIpc) is 2.75. The van der Waals surface area contributed by atoms with Crippen LogP contribution in [0.2, 0.25) is 0 Å². The van der Waals surface area contributed by atoms with Crippen LogP contribution >= 0.6 is 0 Å². The first-order valence-electron chi connectivity index (χ1n) is 11.8. The molecule has 2 amide bonds. The summed E-state index contributed by atoms with van der Waals surface area (Å²) in [6.07, 6.45) is 8.09. The lowest BCUT2D eigenvalue weighted by Crippen LogP contribution is -2.72. The van der Waals surface area contributed by atoms with Gasteiger partial charge in [-0.25, -0.2) is 4.39 Å². The van der Waals surface area contributed by atoms with Crippen molar-refractivity contribution in [1.29, 1.82) is 0 Å². The number of benzene rings is 1. The number of nitrogens with zero attached hydrogens (tertiary/aromatic N) is 2. The van der Waals surface area contributed by atoms with Gasteiger partial charge in [0, 0.05) is 30.9 Å². The van der Waals surface area contributed by atoms with Crippen molar-refractivity contribution >= 4 is 11.8 Å². The molecule has 0 spiro atoms. The fourth-order valence-electron chi connectivity index (χ4n) is 6.13. The van der Waals surface area contributed by atoms with E-state index in [-0.39, 0.29) is 47.0 Å². The number of aromatic nitrogens is 1. The number of amides is 2. The van der Waals surface area contributed by atoms with Crippen LogP contribution in [-0.2, 0) is 10.2 Å². The van der Waals surface area contributed by atoms with Crippen LogP contribution in [0.25, 0.3) is 0 Å². The van der Waals surface area contributed by atoms with Crippen molar-refractivity contribution < 1.29 is 14.0 Å². The number of carbonyl (C=O) groups is 2. The van der Waals surface area contributed by atoms with Crippen molar-refractivity contribution in [2.24, 2.45) is 5.41 Å². The van der Waals surface area contributed by atoms with Crippen molar-refractivity contribution in [1.82, 2.24) is 20.5 Å². The summed E-state index contributed by atoms with van der Waals surface area (Å²) >= 11 is 0. The van der Waals surface area contributed by atoms with Crippen molar-refractivity contribution in [2.75, 3.05) is 20.1 Å². The zero-order chi connectivity index (χ0) is 23.1. The molecule has 6 rings (SSSR count). The second kappa shape index (κ2) is 8.52. The summed E-state index contributed by atoms with van der Waals surface area (Å²) in [5.41, 5.74) is 1.61. The van der Waals surface area contributed by atoms with Gasteiger partial charge in [0.1, 0.15) is 5.82 Å². The molecule has 3 saturated carbocycles. The van der Waals surface area contributed by atoms with Gasteiger partial charge in [0.05, 0.1) is 5.56 Å². The Balaban J connectivity index is 1.27. The van der Waals surface area contributed by atoms with Gasteiger partial charge in [-0.1, -0.05) is 12.1 Å². The monoisotopic (exact) mass is 450 g/mol. The van der Waals surface area contributed by atoms with Crippen LogP contribution in [0.5, 0.6) is 0 Å². The van der Waals surface area contributed by atoms with Crippen LogP contribution in [-0.4, -0.2) is 53.9 Å². The highest BCUT2D eigenvalue weighted by Crippen LogP contribution is 2.75. The van der Waals surface area contributed by atoms with E-state index in [1.807, 2.05) is 12.1 Å². The van der Waals surface area contributed by atoms with Gasteiger partial charge in [-0.05, 0) is 92.9 Å². The van der Waals surface area contributed by atoms with Gasteiger partial charge in [-0.2, -0.15) is 0 Å². The molecular formula is C26H31FN4O2. The summed E-state index contributed by atoms with van der Waals surface area (Å²) in [5, 5.41) is 6.36. The fourth-order valence-corrected chi connectivity index (χ4v) is 6.13. The molecule has 1 unspecified atom stereocenters. The quantitative estimate of drug-likeness (QED) is 0.680. The molecule has 7 heteroatoms. The Morgan fingerprint density at radius 3 is 2.48 bits per heavy atom. The second-order valence-corrected chi connectivity index (χ2v) is 10.3. The lowest BCUT2D eigenvalue weighted by atomic mass is 9.31. The normalized spacial score (nSPS) is 27.7. The highest BCUT2D eigenvalue weighted by atomic mass is 19.1. The Hall–Kier alpha value is -2.80. The van der Waals surface area contributed by atoms with E-state index < -0.39 is 0 Å². The van der Waals surface area contributed by atoms with Crippen LogP contribution < -0.4 is 10.6 Å². The minimum atomic E-state index is -0.237. The van der Waals surface area contributed by atoms with Gasteiger partial charge in [-0.15, -0.1) is 0 Å². The van der Waals surface area contributed by atoms with Gasteiger partial charge in [-0.3, -0.25) is 14.6 Å². The minimum Gasteiger partial charge on any atom is -0.353 e. The maximum atomic E-state index is 13.4. The third kappa shape index (κ3) is 4.26. The topological polar surface area (TPSA) is 74.3 Å². The number of nitrogens with one attached hydrogen (secondary N) is 2.